The number of hydrogen-bond donors (Lipinski definition) is 1. The molecule has 10 nitrogen and oxygen atoms in total. The van der Waals surface area contributed by atoms with Crippen LogP contribution in [0.4, 0.5) is 18.0 Å². The highest BCUT2D eigenvalue weighted by molar-refractivity contribution is 5.78. The van der Waals surface area contributed by atoms with Gasteiger partial charge in [0.15, 0.2) is 5.82 Å². The Morgan fingerprint density at radius 3 is 2.59 bits per heavy atom. The minimum Gasteiger partial charge on any atom is -0.444 e. The van der Waals surface area contributed by atoms with Crippen LogP contribution in [0.25, 0.3) is 11.0 Å². The van der Waals surface area contributed by atoms with Gasteiger partial charge in [-0.15, -0.1) is 10.2 Å². The van der Waals surface area contributed by atoms with E-state index >= 15 is 4.39 Å². The van der Waals surface area contributed by atoms with Crippen molar-refractivity contribution in [3.05, 3.63) is 75.9 Å². The molecule has 3 aromatic heterocycles. The van der Waals surface area contributed by atoms with Crippen molar-refractivity contribution >= 4 is 17.1 Å². The molecule has 1 aliphatic rings. The fourth-order valence-electron chi connectivity index (χ4n) is 4.83. The van der Waals surface area contributed by atoms with Gasteiger partial charge in [0.05, 0.1) is 11.2 Å². The number of carbonyl (C=O) groups excluding carboxylic acids is 1. The number of aromatic nitrogens is 5. The van der Waals surface area contributed by atoms with E-state index in [1.54, 1.807) is 39.0 Å². The van der Waals surface area contributed by atoms with E-state index in [4.69, 9.17) is 9.15 Å². The van der Waals surface area contributed by atoms with E-state index in [0.29, 0.717) is 13.0 Å². The lowest BCUT2D eigenvalue weighted by atomic mass is 9.94. The molecular formula is C26H27F3N6O4. The fraction of sp³-hybridized carbons (Fsp3) is 0.423. The molecule has 4 aromatic rings. The van der Waals surface area contributed by atoms with Gasteiger partial charge in [-0.2, -0.15) is 8.78 Å². The van der Waals surface area contributed by atoms with Gasteiger partial charge in [-0.3, -0.25) is 14.5 Å². The van der Waals surface area contributed by atoms with Crippen molar-refractivity contribution in [2.45, 2.75) is 64.1 Å². The van der Waals surface area contributed by atoms with Crippen LogP contribution in [-0.4, -0.2) is 47.9 Å². The third kappa shape index (κ3) is 5.12. The van der Waals surface area contributed by atoms with Crippen LogP contribution in [0, 0.1) is 5.82 Å². The Labute approximate surface area is 220 Å². The first kappa shape index (κ1) is 26.4. The van der Waals surface area contributed by atoms with Gasteiger partial charge in [0.25, 0.3) is 5.89 Å². The van der Waals surface area contributed by atoms with Gasteiger partial charge in [0.1, 0.15) is 23.2 Å². The smallest absolute Gasteiger partial charge is 0.411 e. The molecule has 1 N–H and O–H groups in total. The van der Waals surface area contributed by atoms with Crippen molar-refractivity contribution in [2.75, 3.05) is 6.54 Å². The lowest BCUT2D eigenvalue weighted by molar-refractivity contribution is -0.000970. The van der Waals surface area contributed by atoms with E-state index in [1.807, 2.05) is 0 Å². The quantitative estimate of drug-likeness (QED) is 0.363. The Morgan fingerprint density at radius 1 is 1.15 bits per heavy atom. The zero-order valence-electron chi connectivity index (χ0n) is 21.5. The predicted molar refractivity (Wildman–Crippen MR) is 133 cm³/mol. The number of hydrogen-bond acceptors (Lipinski definition) is 7. The first-order chi connectivity index (χ1) is 18.5. The number of carbonyl (C=O) groups is 1. The van der Waals surface area contributed by atoms with Crippen LogP contribution in [0.3, 0.4) is 0 Å². The Morgan fingerprint density at radius 2 is 1.92 bits per heavy atom. The molecule has 2 atom stereocenters. The summed E-state index contributed by atoms with van der Waals surface area (Å²) in [5.41, 5.74) is -0.933. The Bertz CT molecular complexity index is 1540. The summed E-state index contributed by atoms with van der Waals surface area (Å²) >= 11 is 0. The maximum Gasteiger partial charge on any atom is 0.411 e. The summed E-state index contributed by atoms with van der Waals surface area (Å²) in [7, 11) is 0. The van der Waals surface area contributed by atoms with E-state index < -0.39 is 47.6 Å². The molecule has 2 unspecified atom stereocenters. The molecule has 0 spiro atoms. The summed E-state index contributed by atoms with van der Waals surface area (Å²) in [6.45, 7) is 5.64. The highest BCUT2D eigenvalue weighted by Crippen LogP contribution is 2.36. The Balaban J connectivity index is 1.61. The largest absolute Gasteiger partial charge is 0.444 e. The first-order valence-corrected chi connectivity index (χ1v) is 12.5. The maximum atomic E-state index is 16.1. The number of ether oxygens (including phenoxy) is 1. The molecule has 5 rings (SSSR count). The number of fused-ring (bicyclic) bond motifs is 1. The summed E-state index contributed by atoms with van der Waals surface area (Å²) < 4.78 is 54.6. The number of nitrogens with one attached hydrogen (secondary N) is 1. The summed E-state index contributed by atoms with van der Waals surface area (Å²) in [6, 6.07) is 7.84. The molecule has 4 heterocycles. The Kier molecular flexibility index (Phi) is 6.91. The van der Waals surface area contributed by atoms with Crippen molar-refractivity contribution in [1.82, 2.24) is 29.6 Å². The van der Waals surface area contributed by atoms with E-state index in [-0.39, 0.29) is 28.2 Å². The predicted octanol–water partition coefficient (Wildman–Crippen LogP) is 5.28. The van der Waals surface area contributed by atoms with Gasteiger partial charge >= 0.3 is 18.2 Å². The average Bonchev–Trinajstić information content (AvgIpc) is 3.50. The molecule has 0 bridgehead atoms. The summed E-state index contributed by atoms with van der Waals surface area (Å²) in [5, 5.41) is 7.11. The van der Waals surface area contributed by atoms with Crippen LogP contribution in [-0.2, 0) is 4.74 Å². The molecule has 1 saturated heterocycles. The van der Waals surface area contributed by atoms with E-state index in [0.717, 1.165) is 12.8 Å². The summed E-state index contributed by atoms with van der Waals surface area (Å²) in [6.07, 6.45) is -0.808. The first-order valence-electron chi connectivity index (χ1n) is 12.5. The molecule has 206 valence electrons. The van der Waals surface area contributed by atoms with Crippen LogP contribution in [0.15, 0.2) is 45.7 Å². The van der Waals surface area contributed by atoms with Crippen molar-refractivity contribution in [1.29, 1.82) is 0 Å². The number of rotatable bonds is 5. The number of pyridine rings is 1. The van der Waals surface area contributed by atoms with Crippen LogP contribution < -0.4 is 5.69 Å². The second kappa shape index (κ2) is 10.2. The number of H-pyrrole nitrogens is 1. The second-order valence-corrected chi connectivity index (χ2v) is 10.3. The van der Waals surface area contributed by atoms with Crippen LogP contribution in [0.5, 0.6) is 0 Å². The molecule has 1 fully saturated rings. The molecule has 0 aliphatic carbocycles. The third-order valence-corrected chi connectivity index (χ3v) is 6.44. The van der Waals surface area contributed by atoms with Gasteiger partial charge in [0.2, 0.25) is 5.89 Å². The second-order valence-electron chi connectivity index (χ2n) is 10.3. The number of nitrogens with zero attached hydrogens (tertiary/aromatic N) is 5. The van der Waals surface area contributed by atoms with E-state index in [9.17, 15) is 18.4 Å². The number of halogens is 3. The number of amides is 1. The Hall–Kier alpha value is -4.16. The van der Waals surface area contributed by atoms with E-state index in [2.05, 4.69) is 20.2 Å². The topological polar surface area (TPSA) is 119 Å². The molecule has 1 aromatic carbocycles. The van der Waals surface area contributed by atoms with Gasteiger partial charge in [-0.25, -0.2) is 14.0 Å². The molecule has 0 saturated carbocycles. The number of likely N-dealkylation sites (tertiary alicyclic amines) is 1. The summed E-state index contributed by atoms with van der Waals surface area (Å²) in [4.78, 5) is 34.4. The normalized spacial score (nSPS) is 17.1. The fourth-order valence-corrected chi connectivity index (χ4v) is 4.83. The standard InChI is InChI=1S/C26H27F3N6O4/c1-26(2,3)39-25(37)34-13-7-5-9-17(34)35-16-11-10-14(19(27)20(16)31-24(35)36)18(15-8-4-6-12-30-15)22-32-33-23(38-22)21(28)29/h4,6,8,10-12,17-18,21H,5,7,9,13H2,1-3H3,(H,31,36). The van der Waals surface area contributed by atoms with Crippen molar-refractivity contribution in [3.63, 3.8) is 0 Å². The number of alkyl halides is 2. The van der Waals surface area contributed by atoms with Gasteiger partial charge < -0.3 is 14.1 Å². The number of benzene rings is 1. The number of imidazole rings is 1. The van der Waals surface area contributed by atoms with Crippen molar-refractivity contribution < 1.29 is 27.1 Å². The van der Waals surface area contributed by atoms with Crippen LogP contribution in [0.2, 0.25) is 0 Å². The number of aromatic amines is 1. The third-order valence-electron chi connectivity index (χ3n) is 6.44. The monoisotopic (exact) mass is 544 g/mol. The van der Waals surface area contributed by atoms with Gasteiger partial charge in [-0.05, 0) is 58.2 Å². The zero-order chi connectivity index (χ0) is 27.9. The minimum absolute atomic E-state index is 0.00768. The molecule has 39 heavy (non-hydrogen) atoms. The lowest BCUT2D eigenvalue weighted by Gasteiger charge is -2.37. The molecular weight excluding hydrogens is 517 g/mol. The molecule has 1 amide bonds. The zero-order valence-corrected chi connectivity index (χ0v) is 21.5. The van der Waals surface area contributed by atoms with Gasteiger partial charge in [-0.1, -0.05) is 12.1 Å². The number of piperidine rings is 1. The molecule has 0 radical (unpaired) electrons. The van der Waals surface area contributed by atoms with Crippen LogP contribution in [0.1, 0.15) is 81.6 Å². The average molecular weight is 545 g/mol. The van der Waals surface area contributed by atoms with Gasteiger partial charge in [0, 0.05) is 18.3 Å². The maximum absolute atomic E-state index is 16.1. The van der Waals surface area contributed by atoms with Crippen molar-refractivity contribution in [3.8, 4) is 0 Å². The minimum atomic E-state index is -3.00. The highest BCUT2D eigenvalue weighted by atomic mass is 19.3. The summed E-state index contributed by atoms with van der Waals surface area (Å²) in [5.74, 6) is -3.09. The van der Waals surface area contributed by atoms with E-state index in [1.165, 1.54) is 27.8 Å². The molecule has 13 heteroatoms. The SMILES string of the molecule is CC(C)(C)OC(=O)N1CCCCC1n1c(=O)[nH]c2c(F)c(C(c3ccccn3)c3nnc(C(F)F)o3)ccc21. The van der Waals surface area contributed by atoms with Crippen LogP contribution >= 0.6 is 0 Å². The highest BCUT2D eigenvalue weighted by Gasteiger charge is 2.35. The molecule has 1 aliphatic heterocycles. The lowest BCUT2D eigenvalue weighted by Crippen LogP contribution is -2.45. The van der Waals surface area contributed by atoms with Crippen molar-refractivity contribution in [2.24, 2.45) is 0 Å².